The zero-order valence-corrected chi connectivity index (χ0v) is 17.1. The van der Waals surface area contributed by atoms with Gasteiger partial charge in [0.25, 0.3) is 5.91 Å². The Morgan fingerprint density at radius 3 is 2.83 bits per heavy atom. The number of rotatable bonds is 7. The fourth-order valence-electron chi connectivity index (χ4n) is 4.02. The number of amides is 1. The SMILES string of the molecule is Cn1nc(C(=O)NCc2ccccc2F)c2c1CC[C@@H](NCCc1ccncc1)C2. The predicted octanol–water partition coefficient (Wildman–Crippen LogP) is 2.57. The van der Waals surface area contributed by atoms with Gasteiger partial charge in [-0.25, -0.2) is 4.39 Å². The van der Waals surface area contributed by atoms with Crippen molar-refractivity contribution in [2.75, 3.05) is 6.54 Å². The molecule has 0 unspecified atom stereocenters. The van der Waals surface area contributed by atoms with Crippen molar-refractivity contribution in [2.24, 2.45) is 7.05 Å². The molecule has 30 heavy (non-hydrogen) atoms. The first kappa shape index (κ1) is 20.2. The van der Waals surface area contributed by atoms with Crippen LogP contribution in [0.3, 0.4) is 0 Å². The summed E-state index contributed by atoms with van der Waals surface area (Å²) in [6.45, 7) is 1.02. The summed E-state index contributed by atoms with van der Waals surface area (Å²) in [5, 5.41) is 10.9. The van der Waals surface area contributed by atoms with Crippen LogP contribution >= 0.6 is 0 Å². The Morgan fingerprint density at radius 2 is 2.03 bits per heavy atom. The van der Waals surface area contributed by atoms with Crippen molar-refractivity contribution < 1.29 is 9.18 Å². The number of aromatic nitrogens is 3. The summed E-state index contributed by atoms with van der Waals surface area (Å²) in [6, 6.07) is 10.8. The van der Waals surface area contributed by atoms with Gasteiger partial charge in [-0.05, 0) is 56.0 Å². The Bertz CT molecular complexity index is 1020. The first-order valence-electron chi connectivity index (χ1n) is 10.3. The highest BCUT2D eigenvalue weighted by Crippen LogP contribution is 2.24. The molecule has 1 amide bonds. The van der Waals surface area contributed by atoms with E-state index in [1.165, 1.54) is 11.6 Å². The Kier molecular flexibility index (Phi) is 6.18. The van der Waals surface area contributed by atoms with E-state index >= 15 is 0 Å². The van der Waals surface area contributed by atoms with Crippen molar-refractivity contribution in [3.05, 3.63) is 82.7 Å². The summed E-state index contributed by atoms with van der Waals surface area (Å²) < 4.78 is 15.6. The molecule has 1 aromatic carbocycles. The maximum Gasteiger partial charge on any atom is 0.272 e. The molecule has 1 aliphatic carbocycles. The van der Waals surface area contributed by atoms with E-state index in [0.29, 0.717) is 17.3 Å². The lowest BCUT2D eigenvalue weighted by atomic mass is 9.91. The van der Waals surface area contributed by atoms with Gasteiger partial charge in [-0.1, -0.05) is 18.2 Å². The van der Waals surface area contributed by atoms with Crippen molar-refractivity contribution in [2.45, 2.75) is 38.3 Å². The van der Waals surface area contributed by atoms with Crippen LogP contribution in [-0.4, -0.2) is 33.3 Å². The highest BCUT2D eigenvalue weighted by molar-refractivity contribution is 5.94. The van der Waals surface area contributed by atoms with Gasteiger partial charge in [0.2, 0.25) is 0 Å². The number of pyridine rings is 1. The number of nitrogens with one attached hydrogen (secondary N) is 2. The second-order valence-electron chi connectivity index (χ2n) is 7.67. The highest BCUT2D eigenvalue weighted by atomic mass is 19.1. The topological polar surface area (TPSA) is 71.8 Å². The number of nitrogens with zero attached hydrogens (tertiary/aromatic N) is 3. The van der Waals surface area contributed by atoms with Crippen LogP contribution in [0.4, 0.5) is 4.39 Å². The molecule has 0 saturated carbocycles. The predicted molar refractivity (Wildman–Crippen MR) is 113 cm³/mol. The standard InChI is InChI=1S/C23H26FN5O/c1-29-21-7-6-18(26-13-10-16-8-11-25-12-9-16)14-19(21)22(28-29)23(30)27-15-17-4-2-3-5-20(17)24/h2-5,8-9,11-12,18,26H,6-7,10,13-15H2,1H3,(H,27,30)/t18-/m1/s1. The van der Waals surface area contributed by atoms with Crippen LogP contribution in [0.25, 0.3) is 0 Å². The molecule has 156 valence electrons. The van der Waals surface area contributed by atoms with E-state index in [0.717, 1.165) is 43.5 Å². The third kappa shape index (κ3) is 4.57. The van der Waals surface area contributed by atoms with Crippen molar-refractivity contribution in [3.8, 4) is 0 Å². The molecule has 0 fully saturated rings. The molecule has 1 atom stereocenters. The molecule has 1 aliphatic rings. The number of carbonyl (C=O) groups is 1. The van der Waals surface area contributed by atoms with Gasteiger partial charge < -0.3 is 10.6 Å². The minimum atomic E-state index is -0.320. The minimum Gasteiger partial charge on any atom is -0.346 e. The van der Waals surface area contributed by atoms with Gasteiger partial charge in [-0.15, -0.1) is 0 Å². The van der Waals surface area contributed by atoms with Crippen LogP contribution in [0.15, 0.2) is 48.8 Å². The minimum absolute atomic E-state index is 0.143. The molecular weight excluding hydrogens is 381 g/mol. The first-order chi connectivity index (χ1) is 14.6. The molecule has 6 nitrogen and oxygen atoms in total. The van der Waals surface area contributed by atoms with E-state index in [4.69, 9.17) is 0 Å². The number of benzene rings is 1. The Morgan fingerprint density at radius 1 is 1.23 bits per heavy atom. The highest BCUT2D eigenvalue weighted by Gasteiger charge is 2.28. The number of hydrogen-bond donors (Lipinski definition) is 2. The van der Waals surface area contributed by atoms with Crippen molar-refractivity contribution in [1.29, 1.82) is 0 Å². The Balaban J connectivity index is 1.38. The maximum atomic E-state index is 13.8. The lowest BCUT2D eigenvalue weighted by molar-refractivity contribution is 0.0943. The lowest BCUT2D eigenvalue weighted by Gasteiger charge is -2.24. The van der Waals surface area contributed by atoms with Crippen LogP contribution in [0.2, 0.25) is 0 Å². The second kappa shape index (κ2) is 9.17. The van der Waals surface area contributed by atoms with Crippen LogP contribution in [0.1, 0.15) is 39.3 Å². The van der Waals surface area contributed by atoms with E-state index in [9.17, 15) is 9.18 Å². The fraction of sp³-hybridized carbons (Fsp3) is 0.348. The van der Waals surface area contributed by atoms with E-state index in [2.05, 4.69) is 20.7 Å². The summed E-state index contributed by atoms with van der Waals surface area (Å²) in [5.41, 5.74) is 4.27. The van der Waals surface area contributed by atoms with Crippen molar-refractivity contribution >= 4 is 5.91 Å². The van der Waals surface area contributed by atoms with Crippen LogP contribution in [-0.2, 0) is 32.9 Å². The summed E-state index contributed by atoms with van der Waals surface area (Å²) in [4.78, 5) is 16.8. The van der Waals surface area contributed by atoms with Gasteiger partial charge in [0.05, 0.1) is 0 Å². The Hall–Kier alpha value is -3.06. The van der Waals surface area contributed by atoms with Gasteiger partial charge in [0.1, 0.15) is 5.82 Å². The van der Waals surface area contributed by atoms with Gasteiger partial charge in [0.15, 0.2) is 5.69 Å². The van der Waals surface area contributed by atoms with E-state index in [1.54, 1.807) is 22.9 Å². The zero-order valence-electron chi connectivity index (χ0n) is 17.1. The number of aryl methyl sites for hydroxylation is 1. The molecule has 2 N–H and O–H groups in total. The van der Waals surface area contributed by atoms with Crippen LogP contribution < -0.4 is 10.6 Å². The second-order valence-corrected chi connectivity index (χ2v) is 7.67. The monoisotopic (exact) mass is 407 g/mol. The molecule has 0 radical (unpaired) electrons. The van der Waals surface area contributed by atoms with Crippen molar-refractivity contribution in [1.82, 2.24) is 25.4 Å². The lowest BCUT2D eigenvalue weighted by Crippen LogP contribution is -2.36. The Labute approximate surface area is 175 Å². The van der Waals surface area contributed by atoms with Gasteiger partial charge in [0, 0.05) is 48.8 Å². The maximum absolute atomic E-state index is 13.8. The van der Waals surface area contributed by atoms with Gasteiger partial charge in [-0.3, -0.25) is 14.5 Å². The van der Waals surface area contributed by atoms with Gasteiger partial charge >= 0.3 is 0 Å². The van der Waals surface area contributed by atoms with Gasteiger partial charge in [-0.2, -0.15) is 5.10 Å². The third-order valence-corrected chi connectivity index (χ3v) is 5.66. The largest absolute Gasteiger partial charge is 0.346 e. The van der Waals surface area contributed by atoms with E-state index < -0.39 is 0 Å². The summed E-state index contributed by atoms with van der Waals surface area (Å²) in [7, 11) is 1.88. The summed E-state index contributed by atoms with van der Waals surface area (Å²) in [5.74, 6) is -0.577. The normalized spacial score (nSPS) is 15.6. The molecule has 2 aromatic heterocycles. The van der Waals surface area contributed by atoms with Crippen LogP contribution in [0, 0.1) is 5.82 Å². The molecule has 7 heteroatoms. The molecule has 0 bridgehead atoms. The molecule has 4 rings (SSSR count). The average molecular weight is 407 g/mol. The molecule has 3 aromatic rings. The average Bonchev–Trinajstić information content (AvgIpc) is 3.10. The number of carbonyl (C=O) groups excluding carboxylic acids is 1. The first-order valence-corrected chi connectivity index (χ1v) is 10.3. The quantitative estimate of drug-likeness (QED) is 0.632. The zero-order chi connectivity index (χ0) is 20.9. The van der Waals surface area contributed by atoms with Crippen LogP contribution in [0.5, 0.6) is 0 Å². The smallest absolute Gasteiger partial charge is 0.272 e. The number of fused-ring (bicyclic) bond motifs is 1. The summed E-state index contributed by atoms with van der Waals surface area (Å²) in [6.07, 6.45) is 7.22. The van der Waals surface area contributed by atoms with E-state index in [-0.39, 0.29) is 18.3 Å². The van der Waals surface area contributed by atoms with Crippen molar-refractivity contribution in [3.63, 3.8) is 0 Å². The molecule has 0 aliphatic heterocycles. The number of halogens is 1. The molecule has 2 heterocycles. The fourth-order valence-corrected chi connectivity index (χ4v) is 4.02. The molecule has 0 spiro atoms. The van der Waals surface area contributed by atoms with E-state index in [1.807, 2.05) is 31.6 Å². The molecule has 0 saturated heterocycles. The third-order valence-electron chi connectivity index (χ3n) is 5.66. The number of hydrogen-bond acceptors (Lipinski definition) is 4. The molecular formula is C23H26FN5O. The summed E-state index contributed by atoms with van der Waals surface area (Å²) >= 11 is 0.